The fraction of sp³-hybridized carbons (Fsp3) is 0.796. The molecule has 5 rings (SSSR count). The van der Waals surface area contributed by atoms with Crippen LogP contribution < -0.4 is 5.32 Å². The number of aryl methyl sites for hydroxylation is 2. The van der Waals surface area contributed by atoms with E-state index in [-0.39, 0.29) is 25.4 Å². The Bertz CT molecular complexity index is 1290. The lowest BCUT2D eigenvalue weighted by atomic mass is 9.47. The molecule has 1 N–H and O–H groups in total. The highest BCUT2D eigenvalue weighted by atomic mass is 16.5. The Morgan fingerprint density at radius 1 is 0.962 bits per heavy atom. The fourth-order valence-electron chi connectivity index (χ4n) is 10.8. The summed E-state index contributed by atoms with van der Waals surface area (Å²) in [5.41, 5.74) is 8.78. The van der Waals surface area contributed by atoms with Gasteiger partial charge in [0.15, 0.2) is 0 Å². The SMILES string of the molecule is C.CC.CC(C)CCCC(C)C.CC=O.CCC(Cc1c(C)cc(C)c(NC)c1C)C(=O)OC1CCC2(C)C(=CCC3C2CCC2(C)C(C)CCC32)C1. The molecule has 53 heavy (non-hydrogen) atoms. The topological polar surface area (TPSA) is 55.4 Å². The number of ether oxygens (including phenoxy) is 1. The van der Waals surface area contributed by atoms with Crippen molar-refractivity contribution in [2.45, 2.75) is 194 Å². The summed E-state index contributed by atoms with van der Waals surface area (Å²) in [6.07, 6.45) is 19.2. The minimum atomic E-state index is -0.0850. The molecule has 4 nitrogen and oxygen atoms in total. The predicted octanol–water partition coefficient (Wildman–Crippen LogP) is 14.1. The third kappa shape index (κ3) is 11.9. The number of fused-ring (bicyclic) bond motifs is 5. The zero-order valence-electron chi connectivity index (χ0n) is 36.8. The van der Waals surface area contributed by atoms with Crippen molar-refractivity contribution in [1.82, 2.24) is 0 Å². The van der Waals surface area contributed by atoms with Crippen LogP contribution in [0.1, 0.15) is 183 Å². The quantitative estimate of drug-likeness (QED) is 0.148. The number of aldehydes is 1. The van der Waals surface area contributed by atoms with Gasteiger partial charge in [-0.15, -0.1) is 0 Å². The molecule has 0 saturated heterocycles. The van der Waals surface area contributed by atoms with Crippen LogP contribution in [0, 0.1) is 73.0 Å². The highest BCUT2D eigenvalue weighted by Gasteiger charge is 2.57. The Balaban J connectivity index is 0.000000806. The lowest BCUT2D eigenvalue weighted by Crippen LogP contribution is -2.50. The van der Waals surface area contributed by atoms with Crippen LogP contribution in [-0.4, -0.2) is 25.4 Å². The van der Waals surface area contributed by atoms with Crippen molar-refractivity contribution in [3.8, 4) is 0 Å². The number of anilines is 1. The Morgan fingerprint density at radius 2 is 1.57 bits per heavy atom. The minimum Gasteiger partial charge on any atom is -0.462 e. The maximum Gasteiger partial charge on any atom is 0.309 e. The van der Waals surface area contributed by atoms with Crippen LogP contribution in [0.15, 0.2) is 17.7 Å². The van der Waals surface area contributed by atoms with Gasteiger partial charge in [0.2, 0.25) is 0 Å². The van der Waals surface area contributed by atoms with E-state index in [9.17, 15) is 4.79 Å². The van der Waals surface area contributed by atoms with E-state index in [1.54, 1.807) is 5.57 Å². The molecule has 3 fully saturated rings. The standard InChI is InChI=1S/C35H53NO2.C9H20.C2H4O.C2H6.CH4/c1-9-25(19-29-21(2)18-22(3)32(36-8)24(29)5)33(37)38-27-14-16-35(7)26(20-27)11-12-28-30-13-10-23(4)34(30,6)17-15-31(28)35;1-8(2)6-5-7-9(3)4;1-2-3;1-2;/h11,18,23,25,27-28,30-31,36H,9-10,12-17,19-20H2,1-8H3;8-9H,5-7H2,1-4H3;2H,1H3;1-2H3;1H4. The molecule has 4 aliphatic carbocycles. The summed E-state index contributed by atoms with van der Waals surface area (Å²) in [5.74, 6) is 5.17. The second kappa shape index (κ2) is 22.5. The van der Waals surface area contributed by atoms with Crippen molar-refractivity contribution in [1.29, 1.82) is 0 Å². The molecule has 3 saturated carbocycles. The number of esters is 1. The van der Waals surface area contributed by atoms with Crippen LogP contribution in [0.25, 0.3) is 0 Å². The van der Waals surface area contributed by atoms with Gasteiger partial charge in [0, 0.05) is 19.2 Å². The Morgan fingerprint density at radius 3 is 2.11 bits per heavy atom. The summed E-state index contributed by atoms with van der Waals surface area (Å²) in [5, 5.41) is 3.36. The summed E-state index contributed by atoms with van der Waals surface area (Å²) in [7, 11) is 1.99. The van der Waals surface area contributed by atoms with Crippen LogP contribution >= 0.6 is 0 Å². The molecular weight excluding hydrogens is 651 g/mol. The highest BCUT2D eigenvalue weighted by molar-refractivity contribution is 5.74. The minimum absolute atomic E-state index is 0. The molecule has 0 aromatic heterocycles. The van der Waals surface area contributed by atoms with Crippen molar-refractivity contribution in [2.24, 2.45) is 52.3 Å². The van der Waals surface area contributed by atoms with Gasteiger partial charge in [-0.2, -0.15) is 0 Å². The average molecular weight is 738 g/mol. The maximum absolute atomic E-state index is 13.5. The van der Waals surface area contributed by atoms with Crippen LogP contribution in [0.5, 0.6) is 0 Å². The first kappa shape index (κ1) is 48.9. The molecule has 4 heteroatoms. The summed E-state index contributed by atoms with van der Waals surface area (Å²) in [6.45, 7) is 30.9. The fourth-order valence-corrected chi connectivity index (χ4v) is 10.8. The number of rotatable bonds is 10. The Labute approximate surface area is 329 Å². The van der Waals surface area contributed by atoms with Crippen LogP contribution in [0.4, 0.5) is 5.69 Å². The van der Waals surface area contributed by atoms with E-state index in [1.807, 2.05) is 20.9 Å². The number of carbonyl (C=O) groups excluding carboxylic acids is 2. The third-order valence-electron chi connectivity index (χ3n) is 14.0. The van der Waals surface area contributed by atoms with Crippen molar-refractivity contribution in [2.75, 3.05) is 12.4 Å². The van der Waals surface area contributed by atoms with Gasteiger partial charge < -0.3 is 14.8 Å². The van der Waals surface area contributed by atoms with Gasteiger partial charge in [-0.25, -0.2) is 0 Å². The largest absolute Gasteiger partial charge is 0.462 e. The number of carbonyl (C=O) groups is 2. The van der Waals surface area contributed by atoms with E-state index in [2.05, 4.69) is 93.6 Å². The first-order valence-corrected chi connectivity index (χ1v) is 21.6. The lowest BCUT2D eigenvalue weighted by molar-refractivity contribution is -0.156. The third-order valence-corrected chi connectivity index (χ3v) is 14.0. The summed E-state index contributed by atoms with van der Waals surface area (Å²) in [6, 6.07) is 2.25. The van der Waals surface area contributed by atoms with E-state index >= 15 is 0 Å². The Kier molecular flexibility index (Phi) is 20.7. The van der Waals surface area contributed by atoms with E-state index in [0.29, 0.717) is 10.8 Å². The number of hydrogen-bond donors (Lipinski definition) is 1. The van der Waals surface area contributed by atoms with Gasteiger partial charge in [0.05, 0.1) is 5.92 Å². The normalized spacial score (nSPS) is 28.8. The van der Waals surface area contributed by atoms with Crippen LogP contribution in [0.3, 0.4) is 0 Å². The number of benzene rings is 1. The summed E-state index contributed by atoms with van der Waals surface area (Å²) < 4.78 is 6.31. The molecule has 0 spiro atoms. The molecule has 1 aromatic carbocycles. The van der Waals surface area contributed by atoms with E-state index < -0.39 is 0 Å². The second-order valence-corrected chi connectivity index (χ2v) is 18.1. The molecule has 0 aliphatic heterocycles. The monoisotopic (exact) mass is 738 g/mol. The van der Waals surface area contributed by atoms with Gasteiger partial charge in [-0.05, 0) is 154 Å². The average Bonchev–Trinajstić information content (AvgIpc) is 3.40. The molecule has 0 heterocycles. The molecule has 8 atom stereocenters. The van der Waals surface area contributed by atoms with Gasteiger partial charge in [-0.3, -0.25) is 4.79 Å². The van der Waals surface area contributed by atoms with E-state index in [4.69, 9.17) is 9.53 Å². The predicted molar refractivity (Wildman–Crippen MR) is 232 cm³/mol. The molecular formula is C49H87NO3. The first-order valence-electron chi connectivity index (χ1n) is 21.6. The van der Waals surface area contributed by atoms with Crippen molar-refractivity contribution in [3.63, 3.8) is 0 Å². The van der Waals surface area contributed by atoms with Crippen molar-refractivity contribution < 1.29 is 14.3 Å². The van der Waals surface area contributed by atoms with Crippen molar-refractivity contribution in [3.05, 3.63) is 40.0 Å². The first-order chi connectivity index (χ1) is 24.6. The van der Waals surface area contributed by atoms with Gasteiger partial charge in [-0.1, -0.05) is 114 Å². The number of allylic oxidation sites excluding steroid dienone is 1. The van der Waals surface area contributed by atoms with Crippen LogP contribution in [-0.2, 0) is 20.7 Å². The molecule has 8 unspecified atom stereocenters. The summed E-state index contributed by atoms with van der Waals surface area (Å²) >= 11 is 0. The zero-order valence-corrected chi connectivity index (χ0v) is 36.8. The molecule has 306 valence electrons. The van der Waals surface area contributed by atoms with Gasteiger partial charge in [0.25, 0.3) is 0 Å². The van der Waals surface area contributed by atoms with Gasteiger partial charge in [0.1, 0.15) is 12.4 Å². The number of hydrogen-bond acceptors (Lipinski definition) is 4. The second-order valence-electron chi connectivity index (χ2n) is 18.1. The summed E-state index contributed by atoms with van der Waals surface area (Å²) in [4.78, 5) is 22.3. The van der Waals surface area contributed by atoms with Gasteiger partial charge >= 0.3 is 5.97 Å². The van der Waals surface area contributed by atoms with E-state index in [0.717, 1.165) is 67.5 Å². The molecule has 4 aliphatic rings. The van der Waals surface area contributed by atoms with Crippen LogP contribution in [0.2, 0.25) is 0 Å². The van der Waals surface area contributed by atoms with E-state index in [1.165, 1.54) is 92.7 Å². The molecule has 0 amide bonds. The highest BCUT2D eigenvalue weighted by Crippen LogP contribution is 2.66. The zero-order chi connectivity index (χ0) is 39.4. The lowest BCUT2D eigenvalue weighted by Gasteiger charge is -2.58. The Hall–Kier alpha value is -2.10. The maximum atomic E-state index is 13.5. The molecule has 0 radical (unpaired) electrons. The van der Waals surface area contributed by atoms with Crippen molar-refractivity contribution >= 4 is 17.9 Å². The smallest absolute Gasteiger partial charge is 0.309 e. The number of nitrogens with one attached hydrogen (secondary N) is 1. The molecule has 1 aromatic rings. The molecule has 0 bridgehead atoms.